The van der Waals surface area contributed by atoms with E-state index in [2.05, 4.69) is 23.2 Å². The van der Waals surface area contributed by atoms with Crippen LogP contribution in [-0.2, 0) is 12.8 Å². The van der Waals surface area contributed by atoms with Gasteiger partial charge in [-0.05, 0) is 55.0 Å². The molecule has 0 saturated carbocycles. The van der Waals surface area contributed by atoms with E-state index in [1.165, 1.54) is 24.0 Å². The molecule has 21 heavy (non-hydrogen) atoms. The van der Waals surface area contributed by atoms with Crippen molar-refractivity contribution in [3.05, 3.63) is 52.5 Å². The molecule has 2 aromatic carbocycles. The number of aryl methyl sites for hydroxylation is 1. The molecule has 4 heteroatoms. The number of hydrogen-bond acceptors (Lipinski definition) is 2. The highest BCUT2D eigenvalue weighted by Crippen LogP contribution is 2.32. The lowest BCUT2D eigenvalue weighted by atomic mass is 9.90. The summed E-state index contributed by atoms with van der Waals surface area (Å²) in [4.78, 5) is 4.45. The molecular weight excluding hydrogens is 282 g/mol. The van der Waals surface area contributed by atoms with E-state index in [-0.39, 0.29) is 0 Å². The monoisotopic (exact) mass is 297 g/mol. The predicted molar refractivity (Wildman–Crippen MR) is 87.1 cm³/mol. The van der Waals surface area contributed by atoms with Crippen LogP contribution in [0.4, 0.5) is 5.95 Å². The number of halogens is 1. The molecular formula is C17H16ClN3. The smallest absolute Gasteiger partial charge is 0.205 e. The van der Waals surface area contributed by atoms with Gasteiger partial charge in [0.2, 0.25) is 5.95 Å². The number of imidazole rings is 1. The molecule has 2 N–H and O–H groups in total. The molecule has 0 spiro atoms. The SMILES string of the molecule is Nc1nc2c(Cl)cccc2n1-c1cccc2c1CCCC2. The highest BCUT2D eigenvalue weighted by atomic mass is 35.5. The third-order valence-electron chi connectivity index (χ3n) is 4.27. The largest absolute Gasteiger partial charge is 0.369 e. The Kier molecular flexibility index (Phi) is 2.89. The molecule has 0 atom stereocenters. The van der Waals surface area contributed by atoms with Crippen molar-refractivity contribution in [2.75, 3.05) is 5.73 Å². The summed E-state index contributed by atoms with van der Waals surface area (Å²) in [6.07, 6.45) is 4.75. The molecule has 4 rings (SSSR count). The van der Waals surface area contributed by atoms with Gasteiger partial charge in [-0.25, -0.2) is 4.98 Å². The average Bonchev–Trinajstić information content (AvgIpc) is 2.84. The molecule has 1 aliphatic carbocycles. The summed E-state index contributed by atoms with van der Waals surface area (Å²) >= 11 is 6.24. The third-order valence-corrected chi connectivity index (χ3v) is 4.58. The quantitative estimate of drug-likeness (QED) is 0.733. The second-order valence-electron chi connectivity index (χ2n) is 5.53. The number of hydrogen-bond donors (Lipinski definition) is 1. The topological polar surface area (TPSA) is 43.8 Å². The van der Waals surface area contributed by atoms with Crippen LogP contribution in [0, 0.1) is 0 Å². The number of nitrogens with two attached hydrogens (primary N) is 1. The molecule has 1 aliphatic rings. The van der Waals surface area contributed by atoms with E-state index in [4.69, 9.17) is 17.3 Å². The van der Waals surface area contributed by atoms with E-state index in [9.17, 15) is 0 Å². The lowest BCUT2D eigenvalue weighted by Crippen LogP contribution is -2.09. The van der Waals surface area contributed by atoms with E-state index in [0.29, 0.717) is 11.0 Å². The van der Waals surface area contributed by atoms with Crippen molar-refractivity contribution in [3.8, 4) is 5.69 Å². The van der Waals surface area contributed by atoms with Crippen LogP contribution in [-0.4, -0.2) is 9.55 Å². The summed E-state index contributed by atoms with van der Waals surface area (Å²) in [5.41, 5.74) is 11.9. The Morgan fingerprint density at radius 3 is 2.76 bits per heavy atom. The lowest BCUT2D eigenvalue weighted by molar-refractivity contribution is 0.682. The molecule has 0 aliphatic heterocycles. The van der Waals surface area contributed by atoms with E-state index in [0.717, 1.165) is 29.6 Å². The zero-order chi connectivity index (χ0) is 14.4. The normalized spacial score (nSPS) is 14.3. The van der Waals surface area contributed by atoms with E-state index < -0.39 is 0 Å². The van der Waals surface area contributed by atoms with Crippen LogP contribution >= 0.6 is 11.6 Å². The zero-order valence-corrected chi connectivity index (χ0v) is 12.4. The van der Waals surface area contributed by atoms with Gasteiger partial charge in [0.25, 0.3) is 0 Å². The summed E-state index contributed by atoms with van der Waals surface area (Å²) in [6.45, 7) is 0. The Labute approximate surface area is 128 Å². The summed E-state index contributed by atoms with van der Waals surface area (Å²) in [5, 5.41) is 0.641. The van der Waals surface area contributed by atoms with Crippen LogP contribution in [0.2, 0.25) is 5.02 Å². The molecule has 1 heterocycles. The van der Waals surface area contributed by atoms with Crippen molar-refractivity contribution < 1.29 is 0 Å². The average molecular weight is 298 g/mol. The van der Waals surface area contributed by atoms with Gasteiger partial charge in [0.05, 0.1) is 16.2 Å². The summed E-state index contributed by atoms with van der Waals surface area (Å²) in [5.74, 6) is 0.497. The Hall–Kier alpha value is -2.00. The van der Waals surface area contributed by atoms with Gasteiger partial charge in [-0.1, -0.05) is 29.8 Å². The van der Waals surface area contributed by atoms with Gasteiger partial charge >= 0.3 is 0 Å². The predicted octanol–water partition coefficient (Wildman–Crippen LogP) is 4.14. The Morgan fingerprint density at radius 2 is 1.86 bits per heavy atom. The fourth-order valence-corrected chi connectivity index (χ4v) is 3.52. The van der Waals surface area contributed by atoms with E-state index >= 15 is 0 Å². The maximum Gasteiger partial charge on any atom is 0.205 e. The number of rotatable bonds is 1. The van der Waals surface area contributed by atoms with Gasteiger partial charge in [0.1, 0.15) is 5.52 Å². The lowest BCUT2D eigenvalue weighted by Gasteiger charge is -2.20. The molecule has 0 fully saturated rings. The molecule has 3 nitrogen and oxygen atoms in total. The van der Waals surface area contributed by atoms with Crippen molar-refractivity contribution in [2.45, 2.75) is 25.7 Å². The van der Waals surface area contributed by atoms with Crippen LogP contribution in [0.25, 0.3) is 16.7 Å². The second-order valence-corrected chi connectivity index (χ2v) is 5.94. The van der Waals surface area contributed by atoms with Crippen LogP contribution in [0.5, 0.6) is 0 Å². The number of para-hydroxylation sites is 1. The Bertz CT molecular complexity index is 835. The van der Waals surface area contributed by atoms with Crippen molar-refractivity contribution in [1.82, 2.24) is 9.55 Å². The molecule has 0 bridgehead atoms. The summed E-state index contributed by atoms with van der Waals surface area (Å²) < 4.78 is 2.03. The van der Waals surface area contributed by atoms with Crippen molar-refractivity contribution >= 4 is 28.6 Å². The maximum atomic E-state index is 6.24. The van der Waals surface area contributed by atoms with Gasteiger partial charge in [0, 0.05) is 0 Å². The van der Waals surface area contributed by atoms with Crippen molar-refractivity contribution in [2.24, 2.45) is 0 Å². The Balaban J connectivity index is 2.03. The fourth-order valence-electron chi connectivity index (χ4n) is 3.31. The first-order valence-electron chi connectivity index (χ1n) is 7.29. The number of anilines is 1. The van der Waals surface area contributed by atoms with Crippen LogP contribution in [0.15, 0.2) is 36.4 Å². The van der Waals surface area contributed by atoms with Crippen LogP contribution in [0.3, 0.4) is 0 Å². The summed E-state index contributed by atoms with van der Waals surface area (Å²) in [6, 6.07) is 12.3. The maximum absolute atomic E-state index is 6.24. The molecule has 0 radical (unpaired) electrons. The van der Waals surface area contributed by atoms with Crippen LogP contribution in [0.1, 0.15) is 24.0 Å². The van der Waals surface area contributed by atoms with Crippen molar-refractivity contribution in [3.63, 3.8) is 0 Å². The first-order valence-corrected chi connectivity index (χ1v) is 7.67. The number of nitrogens with zero attached hydrogens (tertiary/aromatic N) is 2. The van der Waals surface area contributed by atoms with Gasteiger partial charge in [-0.2, -0.15) is 0 Å². The minimum Gasteiger partial charge on any atom is -0.369 e. The molecule has 0 saturated heterocycles. The zero-order valence-electron chi connectivity index (χ0n) is 11.6. The standard InChI is InChI=1S/C17H16ClN3/c18-13-8-4-10-15-16(13)20-17(19)21(15)14-9-3-6-11-5-1-2-7-12(11)14/h3-4,6,8-10H,1-2,5,7H2,(H2,19,20). The van der Waals surface area contributed by atoms with Gasteiger partial charge in [-0.3, -0.25) is 4.57 Å². The first kappa shape index (κ1) is 12.7. The molecule has 1 aromatic heterocycles. The van der Waals surface area contributed by atoms with E-state index in [1.807, 2.05) is 22.8 Å². The summed E-state index contributed by atoms with van der Waals surface area (Å²) in [7, 11) is 0. The number of nitrogen functional groups attached to an aromatic ring is 1. The van der Waals surface area contributed by atoms with Gasteiger partial charge in [0.15, 0.2) is 0 Å². The van der Waals surface area contributed by atoms with Crippen LogP contribution < -0.4 is 5.73 Å². The minimum absolute atomic E-state index is 0.497. The first-order chi connectivity index (χ1) is 10.3. The molecule has 106 valence electrons. The molecule has 3 aromatic rings. The fraction of sp³-hybridized carbons (Fsp3) is 0.235. The molecule has 0 amide bonds. The number of fused-ring (bicyclic) bond motifs is 2. The highest BCUT2D eigenvalue weighted by Gasteiger charge is 2.18. The second kappa shape index (κ2) is 4.78. The number of aromatic nitrogens is 2. The molecule has 0 unspecified atom stereocenters. The van der Waals surface area contributed by atoms with Gasteiger partial charge < -0.3 is 5.73 Å². The Morgan fingerprint density at radius 1 is 1.05 bits per heavy atom. The van der Waals surface area contributed by atoms with Crippen molar-refractivity contribution in [1.29, 1.82) is 0 Å². The van der Waals surface area contributed by atoms with E-state index in [1.54, 1.807) is 0 Å². The minimum atomic E-state index is 0.497. The highest BCUT2D eigenvalue weighted by molar-refractivity contribution is 6.35. The third kappa shape index (κ3) is 1.92. The van der Waals surface area contributed by atoms with Gasteiger partial charge in [-0.15, -0.1) is 0 Å². The number of benzene rings is 2.